The molecule has 33 heavy (non-hydrogen) atoms. The van der Waals surface area contributed by atoms with Crippen molar-refractivity contribution >= 4 is 34.2 Å². The molecule has 0 aliphatic carbocycles. The molecule has 1 atom stereocenters. The molecule has 1 unspecified atom stereocenters. The molecule has 2 aromatic carbocycles. The summed E-state index contributed by atoms with van der Waals surface area (Å²) in [4.78, 5) is 28.0. The Kier molecular flexibility index (Phi) is 7.19. The first kappa shape index (κ1) is 22.7. The van der Waals surface area contributed by atoms with Crippen LogP contribution < -0.4 is 16.0 Å². The minimum atomic E-state index is -1.06. The van der Waals surface area contributed by atoms with Gasteiger partial charge in [0.25, 0.3) is 0 Å². The van der Waals surface area contributed by atoms with Crippen LogP contribution in [0.4, 0.5) is 11.4 Å². The minimum Gasteiger partial charge on any atom is -0.478 e. The maximum absolute atomic E-state index is 11.7. The van der Waals surface area contributed by atoms with Crippen LogP contribution in [-0.4, -0.2) is 41.6 Å². The SMILES string of the molecule is CC(=O)Nc1cc(C(=O)O)cc(-c2cc(NCCCC3CCCNC3)c3ccccc3n2)c1. The van der Waals surface area contributed by atoms with Crippen LogP contribution in [0.2, 0.25) is 0 Å². The number of para-hydroxylation sites is 1. The number of anilines is 2. The van der Waals surface area contributed by atoms with Crippen molar-refractivity contribution in [2.75, 3.05) is 30.3 Å². The molecule has 7 heteroatoms. The number of hydrogen-bond acceptors (Lipinski definition) is 5. The molecule has 0 bridgehead atoms. The highest BCUT2D eigenvalue weighted by atomic mass is 16.4. The average molecular weight is 447 g/mol. The number of nitrogens with zero attached hydrogens (tertiary/aromatic N) is 1. The third-order valence-corrected chi connectivity index (χ3v) is 6.02. The number of carboxylic acid groups (broad SMARTS) is 1. The lowest BCUT2D eigenvalue weighted by Crippen LogP contribution is -2.29. The lowest BCUT2D eigenvalue weighted by molar-refractivity contribution is -0.114. The Morgan fingerprint density at radius 2 is 2.03 bits per heavy atom. The van der Waals surface area contributed by atoms with Crippen molar-refractivity contribution in [2.24, 2.45) is 5.92 Å². The van der Waals surface area contributed by atoms with Gasteiger partial charge < -0.3 is 21.1 Å². The molecule has 172 valence electrons. The number of aromatic nitrogens is 1. The molecule has 0 radical (unpaired) electrons. The van der Waals surface area contributed by atoms with Crippen LogP contribution in [0, 0.1) is 5.92 Å². The van der Waals surface area contributed by atoms with Crippen LogP contribution in [-0.2, 0) is 4.79 Å². The van der Waals surface area contributed by atoms with Crippen molar-refractivity contribution in [3.63, 3.8) is 0 Å². The first-order valence-corrected chi connectivity index (χ1v) is 11.5. The van der Waals surface area contributed by atoms with Crippen molar-refractivity contribution in [2.45, 2.75) is 32.6 Å². The number of rotatable bonds is 8. The topological polar surface area (TPSA) is 103 Å². The third-order valence-electron chi connectivity index (χ3n) is 6.02. The van der Waals surface area contributed by atoms with Gasteiger partial charge in [0.15, 0.2) is 0 Å². The van der Waals surface area contributed by atoms with E-state index in [0.29, 0.717) is 16.9 Å². The minimum absolute atomic E-state index is 0.0989. The van der Waals surface area contributed by atoms with E-state index in [0.717, 1.165) is 48.6 Å². The number of carboxylic acids is 1. The maximum atomic E-state index is 11.7. The summed E-state index contributed by atoms with van der Waals surface area (Å²) < 4.78 is 0. The van der Waals surface area contributed by atoms with E-state index >= 15 is 0 Å². The van der Waals surface area contributed by atoms with Gasteiger partial charge in [0.2, 0.25) is 5.91 Å². The summed E-state index contributed by atoms with van der Waals surface area (Å²) in [6.45, 7) is 4.50. The van der Waals surface area contributed by atoms with Gasteiger partial charge in [-0.1, -0.05) is 18.2 Å². The molecule has 1 aliphatic heterocycles. The highest BCUT2D eigenvalue weighted by Gasteiger charge is 2.14. The van der Waals surface area contributed by atoms with Crippen molar-refractivity contribution in [3.05, 3.63) is 54.1 Å². The van der Waals surface area contributed by atoms with Crippen molar-refractivity contribution in [1.29, 1.82) is 0 Å². The van der Waals surface area contributed by atoms with E-state index in [4.69, 9.17) is 4.98 Å². The third kappa shape index (κ3) is 5.87. The summed E-state index contributed by atoms with van der Waals surface area (Å²) >= 11 is 0. The molecule has 0 saturated carbocycles. The molecule has 0 spiro atoms. The second kappa shape index (κ2) is 10.4. The summed E-state index contributed by atoms with van der Waals surface area (Å²) in [5.74, 6) is -0.568. The Labute approximate surface area is 193 Å². The van der Waals surface area contributed by atoms with Crippen molar-refractivity contribution < 1.29 is 14.7 Å². The van der Waals surface area contributed by atoms with E-state index in [1.807, 2.05) is 30.3 Å². The Hall–Kier alpha value is -3.45. The molecule has 1 amide bonds. The van der Waals surface area contributed by atoms with Crippen LogP contribution in [0.3, 0.4) is 0 Å². The van der Waals surface area contributed by atoms with Gasteiger partial charge in [0.1, 0.15) is 0 Å². The zero-order valence-corrected chi connectivity index (χ0v) is 18.9. The Balaban J connectivity index is 1.61. The van der Waals surface area contributed by atoms with Crippen molar-refractivity contribution in [1.82, 2.24) is 10.3 Å². The monoisotopic (exact) mass is 446 g/mol. The summed E-state index contributed by atoms with van der Waals surface area (Å²) in [6.07, 6.45) is 4.83. The smallest absolute Gasteiger partial charge is 0.335 e. The van der Waals surface area contributed by atoms with Crippen molar-refractivity contribution in [3.8, 4) is 11.3 Å². The molecular weight excluding hydrogens is 416 g/mol. The molecule has 1 aliphatic rings. The number of hydrogen-bond donors (Lipinski definition) is 4. The normalized spacial score (nSPS) is 15.8. The van der Waals surface area contributed by atoms with E-state index in [1.54, 1.807) is 12.1 Å². The predicted octanol–water partition coefficient (Wildman–Crippen LogP) is 4.75. The summed E-state index contributed by atoms with van der Waals surface area (Å²) in [6, 6.07) is 14.7. The molecule has 1 aromatic heterocycles. The number of benzene rings is 2. The highest BCUT2D eigenvalue weighted by Crippen LogP contribution is 2.31. The highest BCUT2D eigenvalue weighted by molar-refractivity contribution is 5.97. The van der Waals surface area contributed by atoms with Crippen LogP contribution in [0.1, 0.15) is 43.0 Å². The van der Waals surface area contributed by atoms with Gasteiger partial charge in [0, 0.05) is 35.8 Å². The molecule has 1 saturated heterocycles. The summed E-state index contributed by atoms with van der Waals surface area (Å²) in [7, 11) is 0. The van der Waals surface area contributed by atoms with E-state index in [-0.39, 0.29) is 11.5 Å². The number of amides is 1. The Bertz CT molecular complexity index is 1160. The Morgan fingerprint density at radius 1 is 1.18 bits per heavy atom. The lowest BCUT2D eigenvalue weighted by Gasteiger charge is -2.22. The number of carbonyl (C=O) groups is 2. The summed E-state index contributed by atoms with van der Waals surface area (Å²) in [5, 5.41) is 20.3. The zero-order valence-electron chi connectivity index (χ0n) is 18.9. The van der Waals surface area contributed by atoms with Gasteiger partial charge in [0.05, 0.1) is 16.8 Å². The van der Waals surface area contributed by atoms with E-state index in [2.05, 4.69) is 16.0 Å². The van der Waals surface area contributed by atoms with Gasteiger partial charge in [-0.15, -0.1) is 0 Å². The second-order valence-corrected chi connectivity index (χ2v) is 8.64. The molecule has 7 nitrogen and oxygen atoms in total. The van der Waals surface area contributed by atoms with Gasteiger partial charge >= 0.3 is 5.97 Å². The van der Waals surface area contributed by atoms with E-state index in [9.17, 15) is 14.7 Å². The van der Waals surface area contributed by atoms with Crippen LogP contribution in [0.5, 0.6) is 0 Å². The quantitative estimate of drug-likeness (QED) is 0.372. The fourth-order valence-corrected chi connectivity index (χ4v) is 4.43. The number of fused-ring (bicyclic) bond motifs is 1. The molecule has 1 fully saturated rings. The van der Waals surface area contributed by atoms with Gasteiger partial charge in [-0.2, -0.15) is 0 Å². The fraction of sp³-hybridized carbons (Fsp3) is 0.346. The average Bonchev–Trinajstić information content (AvgIpc) is 2.81. The number of aromatic carboxylic acids is 1. The molecular formula is C26H30N4O3. The zero-order chi connectivity index (χ0) is 23.2. The number of carbonyl (C=O) groups excluding carboxylic acids is 1. The van der Waals surface area contributed by atoms with Gasteiger partial charge in [-0.3, -0.25) is 4.79 Å². The largest absolute Gasteiger partial charge is 0.478 e. The number of nitrogens with one attached hydrogen (secondary N) is 3. The maximum Gasteiger partial charge on any atom is 0.335 e. The standard InChI is InChI=1S/C26H30N4O3/c1-17(31)29-21-13-19(12-20(14-21)26(32)33)24-15-25(22-8-2-3-9-23(22)30-24)28-11-5-7-18-6-4-10-27-16-18/h2-3,8-9,12-15,18,27H,4-7,10-11,16H2,1H3,(H,28,30)(H,29,31)(H,32,33). The van der Waals surface area contributed by atoms with Crippen LogP contribution in [0.15, 0.2) is 48.5 Å². The van der Waals surface area contributed by atoms with Crippen LogP contribution >= 0.6 is 0 Å². The van der Waals surface area contributed by atoms with Gasteiger partial charge in [-0.25, -0.2) is 9.78 Å². The fourth-order valence-electron chi connectivity index (χ4n) is 4.43. The molecule has 2 heterocycles. The molecule has 4 N–H and O–H groups in total. The van der Waals surface area contributed by atoms with E-state index in [1.165, 1.54) is 32.3 Å². The molecule has 4 rings (SSSR count). The van der Waals surface area contributed by atoms with Crippen LogP contribution in [0.25, 0.3) is 22.2 Å². The first-order chi connectivity index (χ1) is 16.0. The number of piperidine rings is 1. The lowest BCUT2D eigenvalue weighted by atomic mass is 9.95. The number of pyridine rings is 1. The first-order valence-electron chi connectivity index (χ1n) is 11.5. The molecule has 3 aromatic rings. The predicted molar refractivity (Wildman–Crippen MR) is 132 cm³/mol. The Morgan fingerprint density at radius 3 is 2.79 bits per heavy atom. The summed E-state index contributed by atoms with van der Waals surface area (Å²) in [5.41, 5.74) is 3.63. The van der Waals surface area contributed by atoms with E-state index < -0.39 is 5.97 Å². The second-order valence-electron chi connectivity index (χ2n) is 8.64. The van der Waals surface area contributed by atoms with Gasteiger partial charge in [-0.05, 0) is 75.0 Å².